The largest absolute Gasteiger partial charge is 0.497 e. The molecule has 1 aromatic rings. The van der Waals surface area contributed by atoms with Gasteiger partial charge in [-0.25, -0.2) is 0 Å². The molecule has 20 heavy (non-hydrogen) atoms. The molecule has 0 aliphatic heterocycles. The quantitative estimate of drug-likeness (QED) is 0.395. The maximum atomic E-state index is 5.57. The van der Waals surface area contributed by atoms with Crippen molar-refractivity contribution in [2.75, 3.05) is 27.9 Å². The van der Waals surface area contributed by atoms with Gasteiger partial charge in [0.2, 0.25) is 0 Å². The van der Waals surface area contributed by atoms with Crippen molar-refractivity contribution in [3.8, 4) is 5.75 Å². The number of hydrogen-bond acceptors (Lipinski definition) is 4. The zero-order chi connectivity index (χ0) is 14.8. The van der Waals surface area contributed by atoms with Crippen LogP contribution in [0.5, 0.6) is 5.75 Å². The highest BCUT2D eigenvalue weighted by Crippen LogP contribution is 2.15. The second-order valence-electron chi connectivity index (χ2n) is 4.58. The van der Waals surface area contributed by atoms with Gasteiger partial charge < -0.3 is 18.9 Å². The van der Waals surface area contributed by atoms with Gasteiger partial charge in [0.15, 0.2) is 5.79 Å². The van der Waals surface area contributed by atoms with Gasteiger partial charge in [-0.05, 0) is 24.6 Å². The van der Waals surface area contributed by atoms with Crippen molar-refractivity contribution in [1.29, 1.82) is 0 Å². The summed E-state index contributed by atoms with van der Waals surface area (Å²) in [7, 11) is 4.93. The molecular formula is C16H24O4. The van der Waals surface area contributed by atoms with E-state index in [0.29, 0.717) is 19.6 Å². The van der Waals surface area contributed by atoms with Gasteiger partial charge in [0.1, 0.15) is 5.75 Å². The minimum Gasteiger partial charge on any atom is -0.497 e. The van der Waals surface area contributed by atoms with Gasteiger partial charge in [-0.1, -0.05) is 24.3 Å². The molecule has 1 rings (SSSR count). The van der Waals surface area contributed by atoms with Crippen molar-refractivity contribution in [3.05, 3.63) is 42.0 Å². The van der Waals surface area contributed by atoms with E-state index in [1.807, 2.05) is 43.3 Å². The second-order valence-corrected chi connectivity index (χ2v) is 4.58. The molecule has 4 heteroatoms. The molecule has 1 aromatic carbocycles. The fourth-order valence-electron chi connectivity index (χ4n) is 1.58. The molecule has 0 spiro atoms. The first-order chi connectivity index (χ1) is 9.63. The lowest BCUT2D eigenvalue weighted by Gasteiger charge is -2.24. The third kappa shape index (κ3) is 5.74. The number of methoxy groups -OCH3 is 3. The second kappa shape index (κ2) is 8.74. The molecule has 0 fully saturated rings. The topological polar surface area (TPSA) is 36.9 Å². The van der Waals surface area contributed by atoms with Crippen LogP contribution in [-0.4, -0.2) is 33.7 Å². The Labute approximate surface area is 121 Å². The third-order valence-corrected chi connectivity index (χ3v) is 3.16. The summed E-state index contributed by atoms with van der Waals surface area (Å²) in [4.78, 5) is 0. The van der Waals surface area contributed by atoms with E-state index in [1.54, 1.807) is 21.3 Å². The van der Waals surface area contributed by atoms with Crippen molar-refractivity contribution in [2.45, 2.75) is 25.7 Å². The number of hydrogen-bond donors (Lipinski definition) is 0. The lowest BCUT2D eigenvalue weighted by Crippen LogP contribution is -2.28. The van der Waals surface area contributed by atoms with Crippen molar-refractivity contribution in [1.82, 2.24) is 0 Å². The molecule has 0 radical (unpaired) electrons. The van der Waals surface area contributed by atoms with Crippen LogP contribution >= 0.6 is 0 Å². The molecule has 0 atom stereocenters. The van der Waals surface area contributed by atoms with Crippen LogP contribution < -0.4 is 4.74 Å². The Hall–Kier alpha value is -1.36. The molecule has 0 amide bonds. The zero-order valence-electron chi connectivity index (χ0n) is 12.7. The highest BCUT2D eigenvalue weighted by atomic mass is 16.7. The Kier molecular flexibility index (Phi) is 7.30. The Morgan fingerprint density at radius 2 is 1.65 bits per heavy atom. The van der Waals surface area contributed by atoms with Crippen molar-refractivity contribution < 1.29 is 18.9 Å². The standard InChI is InChI=1S/C16H24O4/c1-16(18-3,19-4)11-5-6-12-20-13-14-7-9-15(17-2)10-8-14/h5-10H,11-13H2,1-4H3/b6-5+. The Morgan fingerprint density at radius 1 is 1.00 bits per heavy atom. The molecule has 0 aliphatic rings. The van der Waals surface area contributed by atoms with E-state index in [1.165, 1.54) is 0 Å². The Morgan fingerprint density at radius 3 is 2.20 bits per heavy atom. The monoisotopic (exact) mass is 280 g/mol. The zero-order valence-corrected chi connectivity index (χ0v) is 12.7. The van der Waals surface area contributed by atoms with Crippen LogP contribution in [0.1, 0.15) is 18.9 Å². The van der Waals surface area contributed by atoms with Crippen LogP contribution in [0.25, 0.3) is 0 Å². The minimum atomic E-state index is -0.563. The fraction of sp³-hybridized carbons (Fsp3) is 0.500. The SMILES string of the molecule is COc1ccc(COC/C=C/CC(C)(OC)OC)cc1. The van der Waals surface area contributed by atoms with E-state index in [2.05, 4.69) is 0 Å². The number of ether oxygens (including phenoxy) is 4. The summed E-state index contributed by atoms with van der Waals surface area (Å²) in [6.07, 6.45) is 4.66. The van der Waals surface area contributed by atoms with Crippen LogP contribution in [0.15, 0.2) is 36.4 Å². The molecule has 112 valence electrons. The Balaban J connectivity index is 2.24. The summed E-state index contributed by atoms with van der Waals surface area (Å²) >= 11 is 0. The first-order valence-corrected chi connectivity index (χ1v) is 6.59. The predicted molar refractivity (Wildman–Crippen MR) is 78.8 cm³/mol. The predicted octanol–water partition coefficient (Wildman–Crippen LogP) is 3.17. The van der Waals surface area contributed by atoms with E-state index in [4.69, 9.17) is 18.9 Å². The average Bonchev–Trinajstić information content (AvgIpc) is 2.51. The summed E-state index contributed by atoms with van der Waals surface area (Å²) in [6.45, 7) is 3.05. The summed E-state index contributed by atoms with van der Waals surface area (Å²) in [5.74, 6) is 0.291. The van der Waals surface area contributed by atoms with Crippen molar-refractivity contribution in [3.63, 3.8) is 0 Å². The molecule has 0 aromatic heterocycles. The first kappa shape index (κ1) is 16.7. The molecule has 0 aliphatic carbocycles. The van der Waals surface area contributed by atoms with Crippen LogP contribution in [0, 0.1) is 0 Å². The first-order valence-electron chi connectivity index (χ1n) is 6.59. The van der Waals surface area contributed by atoms with Gasteiger partial charge in [-0.2, -0.15) is 0 Å². The van der Waals surface area contributed by atoms with Gasteiger partial charge >= 0.3 is 0 Å². The van der Waals surface area contributed by atoms with Crippen LogP contribution in [-0.2, 0) is 20.8 Å². The smallest absolute Gasteiger partial charge is 0.168 e. The number of rotatable bonds is 9. The lowest BCUT2D eigenvalue weighted by molar-refractivity contribution is -0.190. The Bertz CT molecular complexity index is 393. The van der Waals surface area contributed by atoms with Crippen LogP contribution in [0.3, 0.4) is 0 Å². The molecular weight excluding hydrogens is 256 g/mol. The summed E-state index contributed by atoms with van der Waals surface area (Å²) < 4.78 is 21.2. The average molecular weight is 280 g/mol. The minimum absolute atomic E-state index is 0.563. The summed E-state index contributed by atoms with van der Waals surface area (Å²) in [6, 6.07) is 7.85. The highest BCUT2D eigenvalue weighted by molar-refractivity contribution is 5.26. The van der Waals surface area contributed by atoms with Crippen molar-refractivity contribution in [2.24, 2.45) is 0 Å². The van der Waals surface area contributed by atoms with E-state index >= 15 is 0 Å². The molecule has 0 N–H and O–H groups in total. The summed E-state index contributed by atoms with van der Waals surface area (Å²) in [5, 5.41) is 0. The van der Waals surface area contributed by atoms with E-state index in [9.17, 15) is 0 Å². The van der Waals surface area contributed by atoms with Crippen molar-refractivity contribution >= 4 is 0 Å². The van der Waals surface area contributed by atoms with Gasteiger partial charge in [0, 0.05) is 20.6 Å². The van der Waals surface area contributed by atoms with Crippen LogP contribution in [0.2, 0.25) is 0 Å². The fourth-order valence-corrected chi connectivity index (χ4v) is 1.58. The summed E-state index contributed by atoms with van der Waals surface area (Å²) in [5.41, 5.74) is 1.12. The molecule has 0 saturated heterocycles. The number of benzene rings is 1. The van der Waals surface area contributed by atoms with E-state index in [-0.39, 0.29) is 0 Å². The molecule has 4 nitrogen and oxygen atoms in total. The van der Waals surface area contributed by atoms with Gasteiger partial charge in [0.05, 0.1) is 20.3 Å². The maximum absolute atomic E-state index is 5.57. The molecule has 0 bridgehead atoms. The highest BCUT2D eigenvalue weighted by Gasteiger charge is 2.19. The molecule has 0 unspecified atom stereocenters. The van der Waals surface area contributed by atoms with E-state index in [0.717, 1.165) is 11.3 Å². The van der Waals surface area contributed by atoms with Gasteiger partial charge in [-0.15, -0.1) is 0 Å². The van der Waals surface area contributed by atoms with E-state index < -0.39 is 5.79 Å². The maximum Gasteiger partial charge on any atom is 0.168 e. The molecule has 0 saturated carbocycles. The van der Waals surface area contributed by atoms with Gasteiger partial charge in [0.25, 0.3) is 0 Å². The normalized spacial score (nSPS) is 12.0. The third-order valence-electron chi connectivity index (χ3n) is 3.16. The lowest BCUT2D eigenvalue weighted by atomic mass is 10.2. The molecule has 0 heterocycles. The van der Waals surface area contributed by atoms with Crippen LogP contribution in [0.4, 0.5) is 0 Å². The van der Waals surface area contributed by atoms with Gasteiger partial charge in [-0.3, -0.25) is 0 Å².